The fourth-order valence-corrected chi connectivity index (χ4v) is 4.00. The molecule has 1 aliphatic rings. The molecule has 0 spiro atoms. The molecular formula is C26H19ClN4O3. The van der Waals surface area contributed by atoms with E-state index in [-0.39, 0.29) is 5.56 Å². The van der Waals surface area contributed by atoms with Crippen molar-refractivity contribution in [3.63, 3.8) is 0 Å². The Kier molecular flexibility index (Phi) is 5.69. The van der Waals surface area contributed by atoms with Gasteiger partial charge in [0.05, 0.1) is 30.6 Å². The van der Waals surface area contributed by atoms with E-state index in [1.807, 2.05) is 42.5 Å². The van der Waals surface area contributed by atoms with Crippen LogP contribution in [0.2, 0.25) is 5.02 Å². The third-order valence-electron chi connectivity index (χ3n) is 5.50. The highest BCUT2D eigenvalue weighted by Crippen LogP contribution is 2.34. The first-order valence-electron chi connectivity index (χ1n) is 10.5. The summed E-state index contributed by atoms with van der Waals surface area (Å²) in [4.78, 5) is 25.2. The summed E-state index contributed by atoms with van der Waals surface area (Å²) in [5.74, 6) is 0.160. The smallest absolute Gasteiger partial charge is 0.335 e. The van der Waals surface area contributed by atoms with Gasteiger partial charge in [-0.25, -0.2) is 14.8 Å². The Morgan fingerprint density at radius 1 is 1.06 bits per heavy atom. The minimum Gasteiger partial charge on any atom is -0.497 e. The molecule has 0 saturated heterocycles. The second kappa shape index (κ2) is 8.96. The van der Waals surface area contributed by atoms with Gasteiger partial charge in [-0.05, 0) is 48.5 Å². The molecule has 0 atom stereocenters. The Bertz CT molecular complexity index is 1430. The minimum atomic E-state index is -0.977. The molecule has 1 aliphatic heterocycles. The number of carboxylic acids is 1. The molecule has 0 aliphatic carbocycles. The highest BCUT2D eigenvalue weighted by molar-refractivity contribution is 6.31. The van der Waals surface area contributed by atoms with Crippen LogP contribution < -0.4 is 10.1 Å². The van der Waals surface area contributed by atoms with Crippen molar-refractivity contribution in [1.29, 1.82) is 0 Å². The maximum absolute atomic E-state index is 11.1. The zero-order chi connectivity index (χ0) is 23.7. The van der Waals surface area contributed by atoms with Gasteiger partial charge in [0.1, 0.15) is 5.75 Å². The van der Waals surface area contributed by atoms with Gasteiger partial charge in [0, 0.05) is 39.2 Å². The van der Waals surface area contributed by atoms with Gasteiger partial charge < -0.3 is 15.2 Å². The molecule has 0 fully saturated rings. The lowest BCUT2D eigenvalue weighted by atomic mass is 9.95. The summed E-state index contributed by atoms with van der Waals surface area (Å²) in [7, 11) is 1.63. The van der Waals surface area contributed by atoms with Crippen molar-refractivity contribution < 1.29 is 14.6 Å². The summed E-state index contributed by atoms with van der Waals surface area (Å²) in [5.41, 5.74) is 6.01. The highest BCUT2D eigenvalue weighted by atomic mass is 35.5. The summed E-state index contributed by atoms with van der Waals surface area (Å²) in [6, 6.07) is 19.8. The molecule has 5 rings (SSSR count). The Morgan fingerprint density at radius 2 is 1.88 bits per heavy atom. The second-order valence-corrected chi connectivity index (χ2v) is 8.10. The van der Waals surface area contributed by atoms with E-state index in [9.17, 15) is 4.79 Å². The standard InChI is InChI=1S/C26H19ClN4O3/c1-34-20-4-2-3-16(11-20)23-22-12-18(27)7-10-21(22)24-17(13-28-23)14-29-26(31-24)30-19-8-5-15(6-9-19)25(32)33/h2-12,14H,13H2,1H3,(H,32,33)(H,29,30,31). The number of aromatic nitrogens is 2. The predicted molar refractivity (Wildman–Crippen MR) is 131 cm³/mol. The Morgan fingerprint density at radius 3 is 2.65 bits per heavy atom. The molecule has 2 heterocycles. The summed E-state index contributed by atoms with van der Waals surface area (Å²) in [6.45, 7) is 0.405. The molecule has 4 aromatic rings. The van der Waals surface area contributed by atoms with Crippen LogP contribution in [-0.2, 0) is 6.54 Å². The fourth-order valence-electron chi connectivity index (χ4n) is 3.83. The summed E-state index contributed by atoms with van der Waals surface area (Å²) in [6.07, 6.45) is 1.76. The van der Waals surface area contributed by atoms with Crippen molar-refractivity contribution in [1.82, 2.24) is 9.97 Å². The molecule has 0 amide bonds. The molecule has 2 N–H and O–H groups in total. The number of rotatable bonds is 5. The van der Waals surface area contributed by atoms with Crippen molar-refractivity contribution in [2.45, 2.75) is 6.54 Å². The van der Waals surface area contributed by atoms with Gasteiger partial charge in [0.25, 0.3) is 0 Å². The number of aromatic carboxylic acids is 1. The molecular weight excluding hydrogens is 452 g/mol. The molecule has 3 aromatic carbocycles. The summed E-state index contributed by atoms with van der Waals surface area (Å²) in [5, 5.41) is 12.8. The number of nitrogens with one attached hydrogen (secondary N) is 1. The Balaban J connectivity index is 1.56. The largest absolute Gasteiger partial charge is 0.497 e. The predicted octanol–water partition coefficient (Wildman–Crippen LogP) is 5.60. The van der Waals surface area contributed by atoms with E-state index < -0.39 is 5.97 Å². The van der Waals surface area contributed by atoms with Gasteiger partial charge in [0.2, 0.25) is 5.95 Å². The molecule has 8 heteroatoms. The lowest BCUT2D eigenvalue weighted by Crippen LogP contribution is -2.05. The molecule has 0 unspecified atom stereocenters. The zero-order valence-corrected chi connectivity index (χ0v) is 18.9. The quantitative estimate of drug-likeness (QED) is 0.394. The van der Waals surface area contributed by atoms with E-state index in [1.54, 1.807) is 25.4 Å². The molecule has 168 valence electrons. The average molecular weight is 471 g/mol. The summed E-state index contributed by atoms with van der Waals surface area (Å²) < 4.78 is 5.40. The first kappa shape index (κ1) is 21.6. The highest BCUT2D eigenvalue weighted by Gasteiger charge is 2.22. The first-order chi connectivity index (χ1) is 16.5. The lowest BCUT2D eigenvalue weighted by molar-refractivity contribution is 0.0697. The number of benzene rings is 3. The van der Waals surface area contributed by atoms with Gasteiger partial charge in [0.15, 0.2) is 0 Å². The normalized spacial score (nSPS) is 12.1. The third-order valence-corrected chi connectivity index (χ3v) is 5.73. The van der Waals surface area contributed by atoms with Crippen LogP contribution in [0.1, 0.15) is 27.0 Å². The number of hydrogen-bond donors (Lipinski definition) is 2. The molecule has 34 heavy (non-hydrogen) atoms. The maximum Gasteiger partial charge on any atom is 0.335 e. The van der Waals surface area contributed by atoms with Gasteiger partial charge in [-0.3, -0.25) is 4.99 Å². The molecule has 0 saturated carbocycles. The van der Waals surface area contributed by atoms with Crippen LogP contribution in [0, 0.1) is 0 Å². The zero-order valence-electron chi connectivity index (χ0n) is 18.1. The minimum absolute atomic E-state index is 0.210. The fraction of sp³-hybridized carbons (Fsp3) is 0.0769. The SMILES string of the molecule is COc1cccc(C2=NCc3cnc(Nc4ccc(C(=O)O)cc4)nc3-c3ccc(Cl)cc32)c1. The topological polar surface area (TPSA) is 96.7 Å². The van der Waals surface area contributed by atoms with Gasteiger partial charge in [-0.2, -0.15) is 0 Å². The van der Waals surface area contributed by atoms with Gasteiger partial charge in [-0.1, -0.05) is 29.8 Å². The number of anilines is 2. The van der Waals surface area contributed by atoms with E-state index in [2.05, 4.69) is 10.3 Å². The van der Waals surface area contributed by atoms with Crippen molar-refractivity contribution in [3.05, 3.63) is 100 Å². The van der Waals surface area contributed by atoms with E-state index in [0.717, 1.165) is 39.4 Å². The lowest BCUT2D eigenvalue weighted by Gasteiger charge is -2.13. The molecule has 7 nitrogen and oxygen atoms in total. The number of nitrogens with zero attached hydrogens (tertiary/aromatic N) is 3. The van der Waals surface area contributed by atoms with Crippen LogP contribution in [0.3, 0.4) is 0 Å². The monoisotopic (exact) mass is 470 g/mol. The number of carboxylic acid groups (broad SMARTS) is 1. The first-order valence-corrected chi connectivity index (χ1v) is 10.8. The number of methoxy groups -OCH3 is 1. The number of fused-ring (bicyclic) bond motifs is 3. The molecule has 0 radical (unpaired) electrons. The number of halogens is 1. The van der Waals surface area contributed by atoms with Crippen molar-refractivity contribution in [2.24, 2.45) is 4.99 Å². The van der Waals surface area contributed by atoms with Crippen LogP contribution in [0.4, 0.5) is 11.6 Å². The van der Waals surface area contributed by atoms with Crippen molar-refractivity contribution in [2.75, 3.05) is 12.4 Å². The van der Waals surface area contributed by atoms with Crippen LogP contribution in [0.15, 0.2) is 77.9 Å². The van der Waals surface area contributed by atoms with E-state index >= 15 is 0 Å². The average Bonchev–Trinajstić information content (AvgIpc) is 3.00. The van der Waals surface area contributed by atoms with E-state index in [0.29, 0.717) is 23.2 Å². The number of carbonyl (C=O) groups is 1. The van der Waals surface area contributed by atoms with Crippen LogP contribution >= 0.6 is 11.6 Å². The number of aliphatic imine (C=N–C) groups is 1. The Hall–Kier alpha value is -4.23. The van der Waals surface area contributed by atoms with Gasteiger partial charge in [-0.15, -0.1) is 0 Å². The molecule has 1 aromatic heterocycles. The molecule has 0 bridgehead atoms. The van der Waals surface area contributed by atoms with E-state index in [1.165, 1.54) is 12.1 Å². The Labute approximate surface area is 200 Å². The van der Waals surface area contributed by atoms with Crippen LogP contribution in [-0.4, -0.2) is 33.9 Å². The maximum atomic E-state index is 11.1. The van der Waals surface area contributed by atoms with Crippen molar-refractivity contribution >= 4 is 34.9 Å². The van der Waals surface area contributed by atoms with Crippen LogP contribution in [0.5, 0.6) is 5.75 Å². The van der Waals surface area contributed by atoms with Crippen molar-refractivity contribution in [3.8, 4) is 17.0 Å². The third kappa shape index (κ3) is 4.21. The number of ether oxygens (including phenoxy) is 1. The van der Waals surface area contributed by atoms with E-state index in [4.69, 9.17) is 31.4 Å². The van der Waals surface area contributed by atoms with Gasteiger partial charge >= 0.3 is 5.97 Å². The second-order valence-electron chi connectivity index (χ2n) is 7.66. The van der Waals surface area contributed by atoms with Crippen LogP contribution in [0.25, 0.3) is 11.3 Å². The number of hydrogen-bond acceptors (Lipinski definition) is 6. The summed E-state index contributed by atoms with van der Waals surface area (Å²) >= 11 is 6.38.